The van der Waals surface area contributed by atoms with Gasteiger partial charge in [-0.3, -0.25) is 9.59 Å². The highest BCUT2D eigenvalue weighted by Gasteiger charge is 2.42. The molecule has 5 rings (SSSR count). The molecule has 1 amide bonds. The van der Waals surface area contributed by atoms with Gasteiger partial charge in [-0.05, 0) is 47.9 Å². The van der Waals surface area contributed by atoms with Gasteiger partial charge in [0, 0.05) is 11.6 Å². The van der Waals surface area contributed by atoms with Crippen LogP contribution in [0.2, 0.25) is 5.02 Å². The van der Waals surface area contributed by atoms with Gasteiger partial charge in [0.25, 0.3) is 5.91 Å². The van der Waals surface area contributed by atoms with Crippen molar-refractivity contribution >= 4 is 28.5 Å². The molecule has 4 aromatic rings. The lowest BCUT2D eigenvalue weighted by Gasteiger charge is -2.25. The summed E-state index contributed by atoms with van der Waals surface area (Å²) >= 11 is 6.14. The first-order valence-electron chi connectivity index (χ1n) is 10.8. The van der Waals surface area contributed by atoms with Crippen LogP contribution in [0, 0.1) is 0 Å². The molecule has 0 N–H and O–H groups in total. The normalized spacial score (nSPS) is 15.0. The van der Waals surface area contributed by atoms with Crippen LogP contribution in [0.5, 0.6) is 11.5 Å². The molecule has 7 heteroatoms. The molecule has 1 atom stereocenters. The SMILES string of the molecule is COc1ccc(CCN2C(=O)c3oc4ccc(Cl)cc4c(=O)c3C2c2ccccc2)cc1OC. The molecule has 3 aromatic carbocycles. The van der Waals surface area contributed by atoms with Gasteiger partial charge in [0.1, 0.15) is 5.58 Å². The van der Waals surface area contributed by atoms with Gasteiger partial charge in [0.15, 0.2) is 16.9 Å². The van der Waals surface area contributed by atoms with Crippen LogP contribution < -0.4 is 14.9 Å². The molecule has 0 fully saturated rings. The summed E-state index contributed by atoms with van der Waals surface area (Å²) in [6, 6.07) is 19.5. The Morgan fingerprint density at radius 3 is 2.44 bits per heavy atom. The maximum Gasteiger partial charge on any atom is 0.290 e. The third-order valence-corrected chi connectivity index (χ3v) is 6.37. The molecule has 0 bridgehead atoms. The molecule has 0 saturated heterocycles. The van der Waals surface area contributed by atoms with Crippen molar-refractivity contribution in [1.29, 1.82) is 0 Å². The molecular formula is C27H22ClNO5. The van der Waals surface area contributed by atoms with E-state index in [1.807, 2.05) is 48.5 Å². The Labute approximate surface area is 201 Å². The molecule has 0 radical (unpaired) electrons. The standard InChI is InChI=1S/C27H22ClNO5/c1-32-21-10-8-16(14-22(21)33-2)12-13-29-24(17-6-4-3-5-7-17)23-25(30)19-15-18(28)9-11-20(19)34-26(23)27(29)31/h3-11,14-15,24H,12-13H2,1-2H3. The second-order valence-corrected chi connectivity index (χ2v) is 8.50. The van der Waals surface area contributed by atoms with E-state index in [0.29, 0.717) is 46.0 Å². The van der Waals surface area contributed by atoms with Gasteiger partial charge in [0.2, 0.25) is 5.76 Å². The summed E-state index contributed by atoms with van der Waals surface area (Å²) < 4.78 is 16.7. The number of nitrogens with zero attached hydrogens (tertiary/aromatic N) is 1. The molecule has 1 aromatic heterocycles. The zero-order valence-electron chi connectivity index (χ0n) is 18.7. The number of amides is 1. The molecule has 0 saturated carbocycles. The Morgan fingerprint density at radius 1 is 0.941 bits per heavy atom. The Kier molecular flexibility index (Phi) is 5.75. The minimum Gasteiger partial charge on any atom is -0.493 e. The number of benzene rings is 3. The fraction of sp³-hybridized carbons (Fsp3) is 0.185. The van der Waals surface area contributed by atoms with Gasteiger partial charge in [-0.15, -0.1) is 0 Å². The fourth-order valence-electron chi connectivity index (χ4n) is 4.49. The van der Waals surface area contributed by atoms with E-state index in [1.54, 1.807) is 37.3 Å². The quantitative estimate of drug-likeness (QED) is 0.381. The predicted molar refractivity (Wildman–Crippen MR) is 130 cm³/mol. The molecule has 1 unspecified atom stereocenters. The summed E-state index contributed by atoms with van der Waals surface area (Å²) in [6.45, 7) is 0.384. The molecule has 172 valence electrons. The molecule has 34 heavy (non-hydrogen) atoms. The number of hydrogen-bond acceptors (Lipinski definition) is 5. The van der Waals surface area contributed by atoms with Crippen LogP contribution in [0.1, 0.15) is 33.3 Å². The number of carbonyl (C=O) groups is 1. The van der Waals surface area contributed by atoms with E-state index in [1.165, 1.54) is 0 Å². The number of methoxy groups -OCH3 is 2. The van der Waals surface area contributed by atoms with E-state index < -0.39 is 6.04 Å². The van der Waals surface area contributed by atoms with Crippen LogP contribution in [-0.2, 0) is 6.42 Å². The van der Waals surface area contributed by atoms with Crippen molar-refractivity contribution in [3.63, 3.8) is 0 Å². The average Bonchev–Trinajstić information content (AvgIpc) is 3.15. The predicted octanol–water partition coefficient (Wildman–Crippen LogP) is 5.25. The van der Waals surface area contributed by atoms with Crippen molar-refractivity contribution in [2.24, 2.45) is 0 Å². The van der Waals surface area contributed by atoms with E-state index in [9.17, 15) is 9.59 Å². The molecule has 1 aliphatic rings. The van der Waals surface area contributed by atoms with Gasteiger partial charge in [-0.2, -0.15) is 0 Å². The van der Waals surface area contributed by atoms with E-state index in [0.717, 1.165) is 11.1 Å². The summed E-state index contributed by atoms with van der Waals surface area (Å²) in [5, 5.41) is 0.798. The van der Waals surface area contributed by atoms with Crippen molar-refractivity contribution in [2.75, 3.05) is 20.8 Å². The fourth-order valence-corrected chi connectivity index (χ4v) is 4.66. The zero-order valence-corrected chi connectivity index (χ0v) is 19.5. The van der Waals surface area contributed by atoms with Crippen LogP contribution in [0.25, 0.3) is 11.0 Å². The van der Waals surface area contributed by atoms with Gasteiger partial charge in [-0.25, -0.2) is 0 Å². The molecule has 6 nitrogen and oxygen atoms in total. The summed E-state index contributed by atoms with van der Waals surface area (Å²) in [7, 11) is 3.17. The van der Waals surface area contributed by atoms with Gasteiger partial charge in [0.05, 0.1) is 31.2 Å². The molecular weight excluding hydrogens is 454 g/mol. The van der Waals surface area contributed by atoms with Crippen LogP contribution in [-0.4, -0.2) is 31.6 Å². The van der Waals surface area contributed by atoms with E-state index >= 15 is 0 Å². The molecule has 0 spiro atoms. The van der Waals surface area contributed by atoms with Crippen molar-refractivity contribution in [2.45, 2.75) is 12.5 Å². The van der Waals surface area contributed by atoms with Crippen LogP contribution in [0.15, 0.2) is 75.9 Å². The zero-order chi connectivity index (χ0) is 23.8. The minimum absolute atomic E-state index is 0.0842. The third-order valence-electron chi connectivity index (χ3n) is 6.13. The highest BCUT2D eigenvalue weighted by atomic mass is 35.5. The monoisotopic (exact) mass is 475 g/mol. The van der Waals surface area contributed by atoms with Crippen molar-refractivity contribution in [1.82, 2.24) is 4.90 Å². The number of ether oxygens (including phenoxy) is 2. The largest absolute Gasteiger partial charge is 0.493 e. The Hall–Kier alpha value is -3.77. The first-order chi connectivity index (χ1) is 16.5. The lowest BCUT2D eigenvalue weighted by atomic mass is 9.98. The van der Waals surface area contributed by atoms with Crippen LogP contribution in [0.3, 0.4) is 0 Å². The van der Waals surface area contributed by atoms with Crippen LogP contribution in [0.4, 0.5) is 0 Å². The van der Waals surface area contributed by atoms with Crippen molar-refractivity contribution in [3.05, 3.63) is 104 Å². The smallest absolute Gasteiger partial charge is 0.290 e. The van der Waals surface area contributed by atoms with Gasteiger partial charge in [-0.1, -0.05) is 48.0 Å². The molecule has 2 heterocycles. The minimum atomic E-state index is -0.552. The highest BCUT2D eigenvalue weighted by molar-refractivity contribution is 6.31. The summed E-state index contributed by atoms with van der Waals surface area (Å²) in [4.78, 5) is 28.8. The first kappa shape index (κ1) is 22.0. The lowest BCUT2D eigenvalue weighted by molar-refractivity contribution is 0.0730. The maximum absolute atomic E-state index is 13.5. The van der Waals surface area contributed by atoms with Crippen molar-refractivity contribution in [3.8, 4) is 11.5 Å². The Bertz CT molecular complexity index is 1450. The summed E-state index contributed by atoms with van der Waals surface area (Å²) in [5.74, 6) is 1.04. The third kappa shape index (κ3) is 3.70. The molecule has 1 aliphatic heterocycles. The van der Waals surface area contributed by atoms with Crippen molar-refractivity contribution < 1.29 is 18.7 Å². The molecule has 0 aliphatic carbocycles. The number of rotatable bonds is 6. The van der Waals surface area contributed by atoms with Gasteiger partial charge >= 0.3 is 0 Å². The Morgan fingerprint density at radius 2 is 1.71 bits per heavy atom. The highest BCUT2D eigenvalue weighted by Crippen LogP contribution is 2.38. The number of halogens is 1. The summed E-state index contributed by atoms with van der Waals surface area (Å²) in [6.07, 6.45) is 0.558. The lowest BCUT2D eigenvalue weighted by Crippen LogP contribution is -2.31. The average molecular weight is 476 g/mol. The van der Waals surface area contributed by atoms with E-state index in [4.69, 9.17) is 25.5 Å². The van der Waals surface area contributed by atoms with E-state index in [2.05, 4.69) is 0 Å². The maximum atomic E-state index is 13.5. The summed E-state index contributed by atoms with van der Waals surface area (Å²) in [5.41, 5.74) is 2.27. The van der Waals surface area contributed by atoms with E-state index in [-0.39, 0.29) is 17.1 Å². The topological polar surface area (TPSA) is 69.0 Å². The van der Waals surface area contributed by atoms with Gasteiger partial charge < -0.3 is 18.8 Å². The number of carbonyl (C=O) groups excluding carboxylic acids is 1. The number of fused-ring (bicyclic) bond motifs is 2. The second-order valence-electron chi connectivity index (χ2n) is 8.07. The number of hydrogen-bond donors (Lipinski definition) is 0. The first-order valence-corrected chi connectivity index (χ1v) is 11.2. The van der Waals surface area contributed by atoms with Crippen LogP contribution >= 0.6 is 11.6 Å². The Balaban J connectivity index is 1.58. The second kappa shape index (κ2) is 8.88.